The zero-order valence-corrected chi connectivity index (χ0v) is 10.2. The predicted octanol–water partition coefficient (Wildman–Crippen LogP) is 2.79. The van der Waals surface area contributed by atoms with E-state index in [1.165, 1.54) is 5.56 Å². The highest BCUT2D eigenvalue weighted by Gasteiger charge is 2.07. The second kappa shape index (κ2) is 4.81. The fourth-order valence-electron chi connectivity index (χ4n) is 1.76. The van der Waals surface area contributed by atoms with E-state index in [1.54, 1.807) is 0 Å². The highest BCUT2D eigenvalue weighted by atomic mass is 79.9. The lowest BCUT2D eigenvalue weighted by Gasteiger charge is -2.23. The minimum atomic E-state index is 0.803. The fourth-order valence-corrected chi connectivity index (χ4v) is 2.19. The minimum absolute atomic E-state index is 0.803. The first-order valence-corrected chi connectivity index (χ1v) is 5.96. The van der Waals surface area contributed by atoms with Gasteiger partial charge in [-0.3, -0.25) is 4.90 Å². The molecule has 15 heavy (non-hydrogen) atoms. The van der Waals surface area contributed by atoms with Gasteiger partial charge in [-0.25, -0.2) is 0 Å². The van der Waals surface area contributed by atoms with Gasteiger partial charge in [0.25, 0.3) is 0 Å². The van der Waals surface area contributed by atoms with Crippen LogP contribution in [0.4, 0.5) is 5.69 Å². The predicted molar refractivity (Wildman–Crippen MR) is 67.6 cm³/mol. The van der Waals surface area contributed by atoms with Crippen molar-refractivity contribution in [2.24, 2.45) is 0 Å². The number of hydrogen-bond acceptors (Lipinski definition) is 2. The molecule has 1 aliphatic heterocycles. The van der Waals surface area contributed by atoms with Gasteiger partial charge in [0.1, 0.15) is 0 Å². The van der Waals surface area contributed by atoms with Crippen LogP contribution in [0, 0.1) is 0 Å². The Balaban J connectivity index is 2.04. The van der Waals surface area contributed by atoms with Gasteiger partial charge in [0.05, 0.1) is 0 Å². The average Bonchev–Trinajstić information content (AvgIpc) is 2.25. The van der Waals surface area contributed by atoms with Gasteiger partial charge in [-0.15, -0.1) is 0 Å². The summed E-state index contributed by atoms with van der Waals surface area (Å²) in [5, 5.41) is 0. The molecule has 2 nitrogen and oxygen atoms in total. The summed E-state index contributed by atoms with van der Waals surface area (Å²) < 4.78 is 0.993. The van der Waals surface area contributed by atoms with Gasteiger partial charge >= 0.3 is 0 Å². The number of nitrogen functional groups attached to an aromatic ring is 1. The first-order valence-electron chi connectivity index (χ1n) is 5.17. The van der Waals surface area contributed by atoms with Crippen LogP contribution >= 0.6 is 15.9 Å². The summed E-state index contributed by atoms with van der Waals surface area (Å²) >= 11 is 3.45. The lowest BCUT2D eigenvalue weighted by Crippen LogP contribution is -2.26. The molecule has 80 valence electrons. The molecule has 2 rings (SSSR count). The number of nitrogens with zero attached hydrogens (tertiary/aromatic N) is 1. The summed E-state index contributed by atoms with van der Waals surface area (Å²) in [6, 6.07) is 6.16. The second-order valence-corrected chi connectivity index (χ2v) is 4.71. The number of hydrogen-bond donors (Lipinski definition) is 1. The number of nitrogens with two attached hydrogens (primary N) is 1. The monoisotopic (exact) mass is 266 g/mol. The van der Waals surface area contributed by atoms with E-state index < -0.39 is 0 Å². The van der Waals surface area contributed by atoms with Gasteiger partial charge in [-0.1, -0.05) is 18.2 Å². The maximum atomic E-state index is 5.75. The van der Waals surface area contributed by atoms with Crippen LogP contribution in [0.3, 0.4) is 0 Å². The molecule has 0 radical (unpaired) electrons. The van der Waals surface area contributed by atoms with E-state index in [1.807, 2.05) is 6.07 Å². The zero-order valence-electron chi connectivity index (χ0n) is 8.62. The van der Waals surface area contributed by atoms with Crippen molar-refractivity contribution >= 4 is 21.6 Å². The van der Waals surface area contributed by atoms with Gasteiger partial charge in [0, 0.05) is 29.8 Å². The van der Waals surface area contributed by atoms with Crippen molar-refractivity contribution in [3.8, 4) is 0 Å². The minimum Gasteiger partial charge on any atom is -0.398 e. The Morgan fingerprint density at radius 1 is 1.33 bits per heavy atom. The molecule has 0 spiro atoms. The summed E-state index contributed by atoms with van der Waals surface area (Å²) in [7, 11) is 0. The fraction of sp³-hybridized carbons (Fsp3) is 0.333. The van der Waals surface area contributed by atoms with Gasteiger partial charge in [0.15, 0.2) is 0 Å². The molecule has 1 aliphatic rings. The normalized spacial score (nSPS) is 16.9. The second-order valence-electron chi connectivity index (χ2n) is 3.85. The van der Waals surface area contributed by atoms with Crippen molar-refractivity contribution in [3.05, 3.63) is 40.4 Å². The molecule has 0 atom stereocenters. The van der Waals surface area contributed by atoms with Crippen LogP contribution in [0.1, 0.15) is 12.0 Å². The molecule has 0 saturated heterocycles. The maximum absolute atomic E-state index is 5.75. The Labute approximate surface area is 98.9 Å². The van der Waals surface area contributed by atoms with Crippen molar-refractivity contribution < 1.29 is 0 Å². The van der Waals surface area contributed by atoms with E-state index in [0.717, 1.165) is 36.2 Å². The highest BCUT2D eigenvalue weighted by Crippen LogP contribution is 2.21. The summed E-state index contributed by atoms with van der Waals surface area (Å²) in [5.41, 5.74) is 7.86. The van der Waals surface area contributed by atoms with Crippen LogP contribution in [-0.2, 0) is 6.54 Å². The molecule has 1 heterocycles. The van der Waals surface area contributed by atoms with Crippen LogP contribution in [0.25, 0.3) is 0 Å². The van der Waals surface area contributed by atoms with Crippen molar-refractivity contribution in [2.75, 3.05) is 18.8 Å². The molecular weight excluding hydrogens is 252 g/mol. The number of anilines is 1. The zero-order chi connectivity index (χ0) is 10.7. The van der Waals surface area contributed by atoms with Gasteiger partial charge in [0.2, 0.25) is 0 Å². The third kappa shape index (κ3) is 2.83. The molecule has 0 bridgehead atoms. The number of halogens is 1. The van der Waals surface area contributed by atoms with Crippen molar-refractivity contribution in [1.29, 1.82) is 0 Å². The van der Waals surface area contributed by atoms with Crippen LogP contribution in [0.15, 0.2) is 34.8 Å². The van der Waals surface area contributed by atoms with Crippen LogP contribution in [0.5, 0.6) is 0 Å². The van der Waals surface area contributed by atoms with Crippen LogP contribution < -0.4 is 5.73 Å². The van der Waals surface area contributed by atoms with E-state index in [0.29, 0.717) is 0 Å². The molecule has 0 aliphatic carbocycles. The van der Waals surface area contributed by atoms with Crippen LogP contribution in [-0.4, -0.2) is 18.0 Å². The van der Waals surface area contributed by atoms with Gasteiger partial charge in [-0.2, -0.15) is 0 Å². The van der Waals surface area contributed by atoms with E-state index in [9.17, 15) is 0 Å². The van der Waals surface area contributed by atoms with E-state index in [4.69, 9.17) is 5.73 Å². The van der Waals surface area contributed by atoms with E-state index >= 15 is 0 Å². The third-order valence-electron chi connectivity index (χ3n) is 2.61. The summed E-state index contributed by atoms with van der Waals surface area (Å²) in [4.78, 5) is 2.43. The molecule has 0 amide bonds. The van der Waals surface area contributed by atoms with Gasteiger partial charge < -0.3 is 5.73 Å². The third-order valence-corrected chi connectivity index (χ3v) is 3.30. The molecule has 2 N–H and O–H groups in total. The average molecular weight is 267 g/mol. The largest absolute Gasteiger partial charge is 0.398 e. The first kappa shape index (κ1) is 10.7. The van der Waals surface area contributed by atoms with Crippen molar-refractivity contribution in [1.82, 2.24) is 4.90 Å². The molecule has 1 aromatic rings. The SMILES string of the molecule is Nc1ccc(CN2CC=CCC2)cc1Br. The molecular formula is C12H15BrN2. The number of rotatable bonds is 2. The standard InChI is InChI=1S/C12H15BrN2/c13-11-8-10(4-5-12(11)14)9-15-6-2-1-3-7-15/h1-2,4-5,8H,3,6-7,9,14H2. The van der Waals surface area contributed by atoms with Crippen molar-refractivity contribution in [2.45, 2.75) is 13.0 Å². The molecule has 0 unspecified atom stereocenters. The highest BCUT2D eigenvalue weighted by molar-refractivity contribution is 9.10. The summed E-state index contributed by atoms with van der Waals surface area (Å²) in [5.74, 6) is 0. The Bertz CT molecular complexity index is 374. The maximum Gasteiger partial charge on any atom is 0.0458 e. The van der Waals surface area contributed by atoms with Crippen LogP contribution in [0.2, 0.25) is 0 Å². The van der Waals surface area contributed by atoms with E-state index in [-0.39, 0.29) is 0 Å². The molecule has 0 saturated carbocycles. The number of benzene rings is 1. The summed E-state index contributed by atoms with van der Waals surface area (Å²) in [6.45, 7) is 3.21. The Morgan fingerprint density at radius 3 is 2.87 bits per heavy atom. The Morgan fingerprint density at radius 2 is 2.20 bits per heavy atom. The summed E-state index contributed by atoms with van der Waals surface area (Å²) in [6.07, 6.45) is 5.64. The van der Waals surface area contributed by atoms with Gasteiger partial charge in [-0.05, 0) is 40.0 Å². The quantitative estimate of drug-likeness (QED) is 0.659. The van der Waals surface area contributed by atoms with E-state index in [2.05, 4.69) is 45.1 Å². The molecule has 0 fully saturated rings. The molecule has 1 aromatic carbocycles. The molecule has 3 heteroatoms. The lowest BCUT2D eigenvalue weighted by atomic mass is 10.1. The topological polar surface area (TPSA) is 29.3 Å². The molecule has 0 aromatic heterocycles. The Hall–Kier alpha value is -0.800. The smallest absolute Gasteiger partial charge is 0.0458 e. The van der Waals surface area contributed by atoms with Crippen molar-refractivity contribution in [3.63, 3.8) is 0 Å². The lowest BCUT2D eigenvalue weighted by molar-refractivity contribution is 0.290. The Kier molecular flexibility index (Phi) is 3.44. The first-order chi connectivity index (χ1) is 7.25.